The van der Waals surface area contributed by atoms with Gasteiger partial charge in [-0.25, -0.2) is 0 Å². The highest BCUT2D eigenvalue weighted by atomic mass is 127. The van der Waals surface area contributed by atoms with Crippen LogP contribution in [0.4, 0.5) is 0 Å². The number of halogens is 1. The second-order valence-corrected chi connectivity index (χ2v) is 6.12. The number of ether oxygens (including phenoxy) is 1. The van der Waals surface area contributed by atoms with Crippen LogP contribution < -0.4 is 4.74 Å². The monoisotopic (exact) mass is 411 g/mol. The van der Waals surface area contributed by atoms with Gasteiger partial charge in [-0.3, -0.25) is 4.79 Å². The molecule has 0 spiro atoms. The molecule has 0 radical (unpaired) electrons. The molecule has 0 aliphatic carbocycles. The van der Waals surface area contributed by atoms with Gasteiger partial charge < -0.3 is 14.7 Å². The molecule has 0 saturated heterocycles. The average molecular weight is 411 g/mol. The Kier molecular flexibility index (Phi) is 5.65. The minimum Gasteiger partial charge on any atom is -0.504 e. The summed E-state index contributed by atoms with van der Waals surface area (Å²) in [5, 5.41) is 9.77. The van der Waals surface area contributed by atoms with Crippen molar-refractivity contribution >= 4 is 28.5 Å². The molecule has 0 bridgehead atoms. The van der Waals surface area contributed by atoms with Crippen molar-refractivity contribution in [2.45, 2.75) is 6.42 Å². The van der Waals surface area contributed by atoms with E-state index in [-0.39, 0.29) is 11.7 Å². The first-order chi connectivity index (χ1) is 10.5. The molecule has 4 nitrogen and oxygen atoms in total. The Hall–Kier alpha value is -1.76. The summed E-state index contributed by atoms with van der Waals surface area (Å²) in [6.45, 7) is 0.617. The number of likely N-dealkylation sites (N-methyl/N-ethyl adjacent to an activating group) is 1. The van der Waals surface area contributed by atoms with Gasteiger partial charge in [0, 0.05) is 22.7 Å². The van der Waals surface area contributed by atoms with Crippen LogP contribution in [0.3, 0.4) is 0 Å². The lowest BCUT2D eigenvalue weighted by Gasteiger charge is -2.18. The largest absolute Gasteiger partial charge is 0.504 e. The summed E-state index contributed by atoms with van der Waals surface area (Å²) >= 11 is 2.30. The molecule has 2 aromatic carbocycles. The molecular weight excluding hydrogens is 393 g/mol. The standard InChI is InChI=1S/C17H18INO3/c1-19(10-9-12-5-3-4-6-14(12)18)17(21)13-7-8-16(22-2)15(20)11-13/h3-8,11,20H,9-10H2,1-2H3. The first-order valence-corrected chi connectivity index (χ1v) is 7.96. The van der Waals surface area contributed by atoms with Gasteiger partial charge in [0.1, 0.15) is 0 Å². The van der Waals surface area contributed by atoms with Crippen molar-refractivity contribution in [2.24, 2.45) is 0 Å². The lowest BCUT2D eigenvalue weighted by atomic mass is 10.1. The van der Waals surface area contributed by atoms with Crippen LogP contribution in [0.15, 0.2) is 42.5 Å². The topological polar surface area (TPSA) is 49.8 Å². The summed E-state index contributed by atoms with van der Waals surface area (Å²) in [7, 11) is 3.24. The van der Waals surface area contributed by atoms with Gasteiger partial charge in [-0.15, -0.1) is 0 Å². The summed E-state index contributed by atoms with van der Waals surface area (Å²) in [6.07, 6.45) is 0.795. The Balaban J connectivity index is 2.03. The van der Waals surface area contributed by atoms with Gasteiger partial charge in [0.2, 0.25) is 0 Å². The van der Waals surface area contributed by atoms with Crippen molar-refractivity contribution in [2.75, 3.05) is 20.7 Å². The van der Waals surface area contributed by atoms with E-state index in [4.69, 9.17) is 4.74 Å². The van der Waals surface area contributed by atoms with Crippen LogP contribution in [0.25, 0.3) is 0 Å². The molecule has 0 heterocycles. The summed E-state index contributed by atoms with van der Waals surface area (Å²) in [5.74, 6) is 0.210. The molecule has 116 valence electrons. The number of phenols is 1. The van der Waals surface area contributed by atoms with Crippen LogP contribution in [-0.2, 0) is 6.42 Å². The molecule has 0 atom stereocenters. The number of nitrogens with zero attached hydrogens (tertiary/aromatic N) is 1. The van der Waals surface area contributed by atoms with Crippen molar-refractivity contribution in [3.05, 3.63) is 57.2 Å². The predicted octanol–water partition coefficient (Wildman–Crippen LogP) is 3.32. The van der Waals surface area contributed by atoms with Gasteiger partial charge >= 0.3 is 0 Å². The number of benzene rings is 2. The summed E-state index contributed by atoms with van der Waals surface area (Å²) in [5.41, 5.74) is 1.67. The second kappa shape index (κ2) is 7.49. The third-order valence-corrected chi connectivity index (χ3v) is 4.50. The van der Waals surface area contributed by atoms with Gasteiger partial charge in [0.05, 0.1) is 7.11 Å². The SMILES string of the molecule is COc1ccc(C(=O)N(C)CCc2ccccc2I)cc1O. The molecule has 0 unspecified atom stereocenters. The molecule has 2 aromatic rings. The number of carbonyl (C=O) groups is 1. The van der Waals surface area contributed by atoms with Gasteiger partial charge in [-0.1, -0.05) is 18.2 Å². The van der Waals surface area contributed by atoms with Crippen molar-refractivity contribution in [3.63, 3.8) is 0 Å². The minimum atomic E-state index is -0.121. The number of amides is 1. The maximum absolute atomic E-state index is 12.4. The Morgan fingerprint density at radius 1 is 1.27 bits per heavy atom. The van der Waals surface area contributed by atoms with Crippen molar-refractivity contribution < 1.29 is 14.6 Å². The molecule has 5 heteroatoms. The Morgan fingerprint density at radius 3 is 2.64 bits per heavy atom. The summed E-state index contributed by atoms with van der Waals surface area (Å²) < 4.78 is 6.18. The zero-order chi connectivity index (χ0) is 16.1. The van der Waals surface area contributed by atoms with E-state index in [9.17, 15) is 9.90 Å². The first kappa shape index (κ1) is 16.6. The number of hydrogen-bond donors (Lipinski definition) is 1. The smallest absolute Gasteiger partial charge is 0.253 e. The maximum atomic E-state index is 12.4. The summed E-state index contributed by atoms with van der Waals surface area (Å²) in [6, 6.07) is 12.8. The molecule has 0 saturated carbocycles. The zero-order valence-corrected chi connectivity index (χ0v) is 14.7. The fraction of sp³-hybridized carbons (Fsp3) is 0.235. The van der Waals surface area contributed by atoms with Crippen LogP contribution in [0, 0.1) is 3.57 Å². The highest BCUT2D eigenvalue weighted by Crippen LogP contribution is 2.26. The lowest BCUT2D eigenvalue weighted by molar-refractivity contribution is 0.0796. The summed E-state index contributed by atoms with van der Waals surface area (Å²) in [4.78, 5) is 14.0. The van der Waals surface area contributed by atoms with E-state index in [2.05, 4.69) is 34.7 Å². The Labute approximate surface area is 143 Å². The third-order valence-electron chi connectivity index (χ3n) is 3.45. The fourth-order valence-corrected chi connectivity index (χ4v) is 2.79. The van der Waals surface area contributed by atoms with Gasteiger partial charge in [-0.05, 0) is 58.8 Å². The van der Waals surface area contributed by atoms with Gasteiger partial charge in [-0.2, -0.15) is 0 Å². The van der Waals surface area contributed by atoms with E-state index in [1.54, 1.807) is 24.1 Å². The van der Waals surface area contributed by atoms with E-state index in [0.717, 1.165) is 6.42 Å². The number of phenolic OH excluding ortho intramolecular Hbond substituents is 1. The lowest BCUT2D eigenvalue weighted by Crippen LogP contribution is -2.28. The second-order valence-electron chi connectivity index (χ2n) is 4.95. The van der Waals surface area contributed by atoms with E-state index < -0.39 is 0 Å². The number of methoxy groups -OCH3 is 1. The number of carbonyl (C=O) groups excluding carboxylic acids is 1. The normalized spacial score (nSPS) is 10.3. The van der Waals surface area contributed by atoms with Crippen molar-refractivity contribution in [1.82, 2.24) is 4.90 Å². The van der Waals surface area contributed by atoms with Crippen LogP contribution in [0.5, 0.6) is 11.5 Å². The van der Waals surface area contributed by atoms with E-state index >= 15 is 0 Å². The van der Waals surface area contributed by atoms with Gasteiger partial charge in [0.15, 0.2) is 11.5 Å². The first-order valence-electron chi connectivity index (χ1n) is 6.89. The predicted molar refractivity (Wildman–Crippen MR) is 94.5 cm³/mol. The Morgan fingerprint density at radius 2 is 2.00 bits per heavy atom. The number of rotatable bonds is 5. The molecular formula is C17H18INO3. The quantitative estimate of drug-likeness (QED) is 0.769. The van der Waals surface area contributed by atoms with Crippen LogP contribution >= 0.6 is 22.6 Å². The van der Waals surface area contributed by atoms with Crippen LogP contribution in [0.1, 0.15) is 15.9 Å². The van der Waals surface area contributed by atoms with Crippen molar-refractivity contribution in [1.29, 1.82) is 0 Å². The molecule has 0 fully saturated rings. The molecule has 22 heavy (non-hydrogen) atoms. The third kappa shape index (κ3) is 3.91. The fourth-order valence-electron chi connectivity index (χ4n) is 2.13. The molecule has 0 aromatic heterocycles. The molecule has 0 aliphatic heterocycles. The highest BCUT2D eigenvalue weighted by Gasteiger charge is 2.14. The molecule has 1 N–H and O–H groups in total. The van der Waals surface area contributed by atoms with E-state index in [1.807, 2.05) is 12.1 Å². The number of aromatic hydroxyl groups is 1. The molecule has 2 rings (SSSR count). The molecule has 1 amide bonds. The Bertz CT molecular complexity index is 673. The van der Waals surface area contributed by atoms with E-state index in [1.165, 1.54) is 22.3 Å². The zero-order valence-electron chi connectivity index (χ0n) is 12.5. The highest BCUT2D eigenvalue weighted by molar-refractivity contribution is 14.1. The molecule has 0 aliphatic rings. The van der Waals surface area contributed by atoms with Gasteiger partial charge in [0.25, 0.3) is 5.91 Å². The van der Waals surface area contributed by atoms with Crippen LogP contribution in [-0.4, -0.2) is 36.6 Å². The maximum Gasteiger partial charge on any atom is 0.253 e. The van der Waals surface area contributed by atoms with Crippen molar-refractivity contribution in [3.8, 4) is 11.5 Å². The minimum absolute atomic E-state index is 0.0284. The van der Waals surface area contributed by atoms with E-state index in [0.29, 0.717) is 17.9 Å². The number of hydrogen-bond acceptors (Lipinski definition) is 3. The average Bonchev–Trinajstić information content (AvgIpc) is 2.53. The van der Waals surface area contributed by atoms with Crippen LogP contribution in [0.2, 0.25) is 0 Å².